The molecule has 0 aliphatic heterocycles. The van der Waals surface area contributed by atoms with Crippen molar-refractivity contribution >= 4 is 28.2 Å². The van der Waals surface area contributed by atoms with Crippen LogP contribution in [-0.4, -0.2) is 26.4 Å². The van der Waals surface area contributed by atoms with Crippen molar-refractivity contribution in [3.63, 3.8) is 0 Å². The third-order valence-electron chi connectivity index (χ3n) is 5.08. The first-order valence-corrected chi connectivity index (χ1v) is 10.8. The number of halogens is 1. The summed E-state index contributed by atoms with van der Waals surface area (Å²) < 4.78 is 25.1. The number of carbonyl (C=O) groups excluding carboxylic acids is 1. The number of benzene rings is 2. The molecule has 3 N–H and O–H groups in total. The Balaban J connectivity index is 0.00000392. The van der Waals surface area contributed by atoms with Crippen LogP contribution in [0.3, 0.4) is 0 Å². The standard InChI is InChI=1S/C21H28N2O3S.ClH/c1-4-21(5-2,15-22)23-20(24)18-10-8-17(9-11-18)14-27(25,26)19-12-6-16(3)7-13-19;/h6-13H,4-5,14-15,22H2,1-3H3,(H,23,24);1H. The van der Waals surface area contributed by atoms with Gasteiger partial charge in [0.15, 0.2) is 9.84 Å². The fourth-order valence-corrected chi connectivity index (χ4v) is 4.23. The molecule has 0 aliphatic carbocycles. The molecule has 5 nitrogen and oxygen atoms in total. The van der Waals surface area contributed by atoms with Crippen LogP contribution in [0, 0.1) is 6.92 Å². The molecule has 7 heteroatoms. The van der Waals surface area contributed by atoms with Gasteiger partial charge < -0.3 is 11.1 Å². The monoisotopic (exact) mass is 424 g/mol. The van der Waals surface area contributed by atoms with Gasteiger partial charge >= 0.3 is 0 Å². The molecule has 154 valence electrons. The summed E-state index contributed by atoms with van der Waals surface area (Å²) in [4.78, 5) is 12.8. The summed E-state index contributed by atoms with van der Waals surface area (Å²) in [6, 6.07) is 13.5. The van der Waals surface area contributed by atoms with Crippen LogP contribution in [0.5, 0.6) is 0 Å². The van der Waals surface area contributed by atoms with Crippen LogP contribution >= 0.6 is 12.4 Å². The Hall–Kier alpha value is -1.89. The van der Waals surface area contributed by atoms with E-state index < -0.39 is 15.4 Å². The maximum atomic E-state index is 12.5. The average Bonchev–Trinajstić information content (AvgIpc) is 2.66. The molecule has 0 bridgehead atoms. The minimum Gasteiger partial charge on any atom is -0.345 e. The van der Waals surface area contributed by atoms with Crippen molar-refractivity contribution in [1.82, 2.24) is 5.32 Å². The third kappa shape index (κ3) is 5.80. The van der Waals surface area contributed by atoms with Crippen LogP contribution in [-0.2, 0) is 15.6 Å². The zero-order valence-corrected chi connectivity index (χ0v) is 18.2. The van der Waals surface area contributed by atoms with Crippen molar-refractivity contribution in [1.29, 1.82) is 0 Å². The Morgan fingerprint density at radius 2 is 1.54 bits per heavy atom. The molecule has 2 aromatic rings. The molecule has 0 atom stereocenters. The van der Waals surface area contributed by atoms with Crippen LogP contribution in [0.15, 0.2) is 53.4 Å². The highest BCUT2D eigenvalue weighted by Gasteiger charge is 2.26. The fourth-order valence-electron chi connectivity index (χ4n) is 2.88. The molecular formula is C21H29ClN2O3S. The van der Waals surface area contributed by atoms with Crippen LogP contribution in [0.1, 0.15) is 48.2 Å². The molecule has 0 heterocycles. The van der Waals surface area contributed by atoms with Gasteiger partial charge in [-0.1, -0.05) is 43.7 Å². The molecule has 0 aromatic heterocycles. The number of aryl methyl sites for hydroxylation is 1. The first-order valence-electron chi connectivity index (χ1n) is 9.16. The maximum Gasteiger partial charge on any atom is 0.251 e. The first kappa shape index (κ1) is 24.1. The molecule has 0 aliphatic rings. The largest absolute Gasteiger partial charge is 0.345 e. The van der Waals surface area contributed by atoms with Crippen molar-refractivity contribution in [2.24, 2.45) is 5.73 Å². The van der Waals surface area contributed by atoms with Crippen molar-refractivity contribution in [3.8, 4) is 0 Å². The number of nitrogens with two attached hydrogens (primary N) is 1. The Bertz CT molecular complexity index is 867. The van der Waals surface area contributed by atoms with Crippen LogP contribution < -0.4 is 11.1 Å². The number of hydrogen-bond acceptors (Lipinski definition) is 4. The SMILES string of the molecule is CCC(CC)(CN)NC(=O)c1ccc(CS(=O)(=O)c2ccc(C)cc2)cc1.Cl. The number of rotatable bonds is 8. The van der Waals surface area contributed by atoms with E-state index in [1.165, 1.54) is 0 Å². The van der Waals surface area contributed by atoms with E-state index in [1.807, 2.05) is 20.8 Å². The quantitative estimate of drug-likeness (QED) is 0.676. The van der Waals surface area contributed by atoms with Gasteiger partial charge in [0.2, 0.25) is 0 Å². The summed E-state index contributed by atoms with van der Waals surface area (Å²) in [5, 5.41) is 3.01. The van der Waals surface area contributed by atoms with Gasteiger partial charge in [0, 0.05) is 12.1 Å². The highest BCUT2D eigenvalue weighted by Crippen LogP contribution is 2.18. The zero-order chi connectivity index (χ0) is 20.1. The summed E-state index contributed by atoms with van der Waals surface area (Å²) in [5.74, 6) is -0.300. The predicted octanol–water partition coefficient (Wildman–Crippen LogP) is 3.64. The van der Waals surface area contributed by atoms with E-state index in [-0.39, 0.29) is 24.1 Å². The average molecular weight is 425 g/mol. The van der Waals surface area contributed by atoms with E-state index in [2.05, 4.69) is 5.32 Å². The zero-order valence-electron chi connectivity index (χ0n) is 16.6. The van der Waals surface area contributed by atoms with E-state index in [1.54, 1.807) is 48.5 Å². The van der Waals surface area contributed by atoms with Crippen LogP contribution in [0.2, 0.25) is 0 Å². The number of carbonyl (C=O) groups is 1. The smallest absolute Gasteiger partial charge is 0.251 e. The molecular weight excluding hydrogens is 396 g/mol. The lowest BCUT2D eigenvalue weighted by molar-refractivity contribution is 0.0895. The number of amides is 1. The minimum atomic E-state index is -3.42. The fraction of sp³-hybridized carbons (Fsp3) is 0.381. The van der Waals surface area contributed by atoms with Crippen LogP contribution in [0.25, 0.3) is 0 Å². The molecule has 0 saturated carbocycles. The predicted molar refractivity (Wildman–Crippen MR) is 116 cm³/mol. The normalized spacial score (nSPS) is 11.6. The molecule has 2 aromatic carbocycles. The van der Waals surface area contributed by atoms with Gasteiger partial charge in [-0.3, -0.25) is 4.79 Å². The number of sulfone groups is 1. The van der Waals surface area contributed by atoms with Gasteiger partial charge in [0.05, 0.1) is 16.2 Å². The Morgan fingerprint density at radius 3 is 2.00 bits per heavy atom. The summed E-state index contributed by atoms with van der Waals surface area (Å²) in [6.45, 7) is 6.28. The summed E-state index contributed by atoms with van der Waals surface area (Å²) in [5.41, 5.74) is 7.56. The summed E-state index contributed by atoms with van der Waals surface area (Å²) in [6.07, 6.45) is 1.50. The highest BCUT2D eigenvalue weighted by atomic mass is 35.5. The molecule has 0 radical (unpaired) electrons. The topological polar surface area (TPSA) is 89.3 Å². The van der Waals surface area contributed by atoms with Crippen molar-refractivity contribution in [3.05, 3.63) is 65.2 Å². The molecule has 1 amide bonds. The molecule has 2 rings (SSSR count). The molecule has 0 unspecified atom stereocenters. The van der Waals surface area contributed by atoms with E-state index in [0.717, 1.165) is 18.4 Å². The number of hydrogen-bond donors (Lipinski definition) is 2. The Kier molecular flexibility index (Phi) is 8.67. The molecule has 0 saturated heterocycles. The van der Waals surface area contributed by atoms with Gasteiger partial charge in [-0.2, -0.15) is 0 Å². The molecule has 28 heavy (non-hydrogen) atoms. The van der Waals surface area contributed by atoms with E-state index >= 15 is 0 Å². The Labute approximate surface area is 174 Å². The molecule has 0 spiro atoms. The van der Waals surface area contributed by atoms with E-state index in [9.17, 15) is 13.2 Å². The highest BCUT2D eigenvalue weighted by molar-refractivity contribution is 7.90. The minimum absolute atomic E-state index is 0. The summed E-state index contributed by atoms with van der Waals surface area (Å²) in [7, 11) is -3.42. The lowest BCUT2D eigenvalue weighted by atomic mass is 9.92. The van der Waals surface area contributed by atoms with Gasteiger partial charge in [-0.25, -0.2) is 8.42 Å². The third-order valence-corrected chi connectivity index (χ3v) is 6.78. The summed E-state index contributed by atoms with van der Waals surface area (Å²) >= 11 is 0. The van der Waals surface area contributed by atoms with Gasteiger partial charge in [-0.15, -0.1) is 12.4 Å². The number of nitrogens with one attached hydrogen (secondary N) is 1. The maximum absolute atomic E-state index is 12.5. The van der Waals surface area contributed by atoms with E-state index in [0.29, 0.717) is 22.6 Å². The first-order chi connectivity index (χ1) is 12.7. The Morgan fingerprint density at radius 1 is 1.00 bits per heavy atom. The second-order valence-electron chi connectivity index (χ2n) is 6.91. The lowest BCUT2D eigenvalue weighted by Gasteiger charge is -2.31. The van der Waals surface area contributed by atoms with Gasteiger partial charge in [-0.05, 0) is 49.6 Å². The van der Waals surface area contributed by atoms with Gasteiger partial charge in [0.1, 0.15) is 0 Å². The second kappa shape index (κ2) is 10.0. The molecule has 0 fully saturated rings. The van der Waals surface area contributed by atoms with E-state index in [4.69, 9.17) is 5.73 Å². The van der Waals surface area contributed by atoms with Crippen molar-refractivity contribution < 1.29 is 13.2 Å². The van der Waals surface area contributed by atoms with Crippen molar-refractivity contribution in [2.75, 3.05) is 6.54 Å². The lowest BCUT2D eigenvalue weighted by Crippen LogP contribution is -2.52. The van der Waals surface area contributed by atoms with Crippen molar-refractivity contribution in [2.45, 2.75) is 49.8 Å². The van der Waals surface area contributed by atoms with Gasteiger partial charge in [0.25, 0.3) is 5.91 Å². The van der Waals surface area contributed by atoms with Crippen LogP contribution in [0.4, 0.5) is 0 Å². The second-order valence-corrected chi connectivity index (χ2v) is 8.90.